The van der Waals surface area contributed by atoms with Crippen molar-refractivity contribution in [1.82, 2.24) is 0 Å². The van der Waals surface area contributed by atoms with Gasteiger partial charge in [0.1, 0.15) is 0 Å². The van der Waals surface area contributed by atoms with Gasteiger partial charge in [0, 0.05) is 18.1 Å². The Bertz CT molecular complexity index is 81.7. The Kier molecular flexibility index (Phi) is 4.66. The SMILES string of the molecule is CCCO[C@H]1CCSSC1. The van der Waals surface area contributed by atoms with Crippen LogP contribution in [-0.4, -0.2) is 24.2 Å². The Hall–Kier alpha value is 0.660. The first-order valence-corrected chi connectivity index (χ1v) is 6.28. The highest BCUT2D eigenvalue weighted by Crippen LogP contribution is 2.30. The molecule has 1 rings (SSSR count). The van der Waals surface area contributed by atoms with Crippen LogP contribution in [-0.2, 0) is 4.74 Å². The zero-order valence-corrected chi connectivity index (χ0v) is 7.97. The van der Waals surface area contributed by atoms with Crippen LogP contribution in [0, 0.1) is 0 Å². The van der Waals surface area contributed by atoms with E-state index in [0.717, 1.165) is 13.0 Å². The minimum atomic E-state index is 0.547. The molecular formula is C7H14OS2. The van der Waals surface area contributed by atoms with Crippen molar-refractivity contribution in [2.75, 3.05) is 18.1 Å². The Morgan fingerprint density at radius 2 is 2.40 bits per heavy atom. The summed E-state index contributed by atoms with van der Waals surface area (Å²) < 4.78 is 5.60. The van der Waals surface area contributed by atoms with E-state index in [0.29, 0.717) is 6.10 Å². The molecule has 0 aromatic carbocycles. The van der Waals surface area contributed by atoms with Crippen LogP contribution < -0.4 is 0 Å². The second-order valence-corrected chi connectivity index (χ2v) is 5.02. The molecule has 0 spiro atoms. The predicted molar refractivity (Wildman–Crippen MR) is 49.6 cm³/mol. The van der Waals surface area contributed by atoms with Crippen molar-refractivity contribution in [3.63, 3.8) is 0 Å². The fraction of sp³-hybridized carbons (Fsp3) is 1.00. The molecule has 0 aromatic rings. The predicted octanol–water partition coefficient (Wildman–Crippen LogP) is 2.57. The van der Waals surface area contributed by atoms with Crippen molar-refractivity contribution in [1.29, 1.82) is 0 Å². The van der Waals surface area contributed by atoms with Gasteiger partial charge in [-0.2, -0.15) is 0 Å². The maximum Gasteiger partial charge on any atom is 0.0682 e. The van der Waals surface area contributed by atoms with E-state index in [1.165, 1.54) is 17.9 Å². The molecule has 1 nitrogen and oxygen atoms in total. The minimum absolute atomic E-state index is 0.547. The monoisotopic (exact) mass is 178 g/mol. The zero-order chi connectivity index (χ0) is 7.23. The Morgan fingerprint density at radius 1 is 1.50 bits per heavy atom. The average molecular weight is 178 g/mol. The highest BCUT2D eigenvalue weighted by molar-refractivity contribution is 8.76. The third kappa shape index (κ3) is 3.17. The fourth-order valence-corrected chi connectivity index (χ4v) is 3.24. The lowest BCUT2D eigenvalue weighted by Gasteiger charge is -2.20. The van der Waals surface area contributed by atoms with E-state index in [-0.39, 0.29) is 0 Å². The minimum Gasteiger partial charge on any atom is -0.377 e. The first-order chi connectivity index (χ1) is 4.93. The summed E-state index contributed by atoms with van der Waals surface area (Å²) in [6.07, 6.45) is 2.94. The van der Waals surface area contributed by atoms with Crippen LogP contribution in [0.4, 0.5) is 0 Å². The van der Waals surface area contributed by atoms with Gasteiger partial charge in [0.25, 0.3) is 0 Å². The molecule has 1 aliphatic heterocycles. The molecular weight excluding hydrogens is 164 g/mol. The van der Waals surface area contributed by atoms with Gasteiger partial charge in [-0.3, -0.25) is 0 Å². The second kappa shape index (κ2) is 5.33. The van der Waals surface area contributed by atoms with E-state index in [4.69, 9.17) is 4.74 Å². The molecule has 0 aliphatic carbocycles. The van der Waals surface area contributed by atoms with Crippen molar-refractivity contribution in [3.8, 4) is 0 Å². The molecule has 0 radical (unpaired) electrons. The number of ether oxygens (including phenoxy) is 1. The fourth-order valence-electron chi connectivity index (χ4n) is 0.862. The zero-order valence-electron chi connectivity index (χ0n) is 6.34. The van der Waals surface area contributed by atoms with Crippen LogP contribution in [0.2, 0.25) is 0 Å². The summed E-state index contributed by atoms with van der Waals surface area (Å²) in [7, 11) is 3.91. The molecule has 0 saturated carbocycles. The van der Waals surface area contributed by atoms with E-state index in [2.05, 4.69) is 6.92 Å². The van der Waals surface area contributed by atoms with Gasteiger partial charge in [-0.15, -0.1) is 0 Å². The van der Waals surface area contributed by atoms with E-state index >= 15 is 0 Å². The molecule has 1 saturated heterocycles. The van der Waals surface area contributed by atoms with Crippen LogP contribution in [0.25, 0.3) is 0 Å². The highest BCUT2D eigenvalue weighted by Gasteiger charge is 2.13. The van der Waals surface area contributed by atoms with Crippen LogP contribution >= 0.6 is 21.6 Å². The summed E-state index contributed by atoms with van der Waals surface area (Å²) in [6.45, 7) is 3.10. The van der Waals surface area contributed by atoms with Gasteiger partial charge in [0.05, 0.1) is 6.10 Å². The molecule has 1 atom stereocenters. The van der Waals surface area contributed by atoms with Gasteiger partial charge >= 0.3 is 0 Å². The summed E-state index contributed by atoms with van der Waals surface area (Å²) in [6, 6.07) is 0. The first kappa shape index (κ1) is 8.75. The van der Waals surface area contributed by atoms with Gasteiger partial charge < -0.3 is 4.74 Å². The first-order valence-electron chi connectivity index (χ1n) is 3.79. The third-order valence-corrected chi connectivity index (χ3v) is 3.90. The van der Waals surface area contributed by atoms with Crippen molar-refractivity contribution < 1.29 is 4.74 Å². The Morgan fingerprint density at radius 3 is 3.00 bits per heavy atom. The molecule has 3 heteroatoms. The highest BCUT2D eigenvalue weighted by atomic mass is 33.1. The standard InChI is InChI=1S/C7H14OS2/c1-2-4-8-7-3-5-9-10-6-7/h7H,2-6H2,1H3/t7-/m0/s1. The van der Waals surface area contributed by atoms with Crippen molar-refractivity contribution >= 4 is 21.6 Å². The summed E-state index contributed by atoms with van der Waals surface area (Å²) in [5.41, 5.74) is 0. The maximum absolute atomic E-state index is 5.60. The molecule has 1 heterocycles. The van der Waals surface area contributed by atoms with Gasteiger partial charge in [0.2, 0.25) is 0 Å². The van der Waals surface area contributed by atoms with Crippen molar-refractivity contribution in [2.45, 2.75) is 25.9 Å². The molecule has 0 amide bonds. The van der Waals surface area contributed by atoms with E-state index in [1.807, 2.05) is 21.6 Å². The van der Waals surface area contributed by atoms with Crippen LogP contribution in [0.3, 0.4) is 0 Å². The van der Waals surface area contributed by atoms with Gasteiger partial charge in [-0.25, -0.2) is 0 Å². The van der Waals surface area contributed by atoms with E-state index < -0.39 is 0 Å². The molecule has 0 unspecified atom stereocenters. The number of hydrogen-bond acceptors (Lipinski definition) is 3. The van der Waals surface area contributed by atoms with E-state index in [9.17, 15) is 0 Å². The summed E-state index contributed by atoms with van der Waals surface area (Å²) in [5, 5.41) is 0. The van der Waals surface area contributed by atoms with Gasteiger partial charge in [0.15, 0.2) is 0 Å². The van der Waals surface area contributed by atoms with E-state index in [1.54, 1.807) is 0 Å². The van der Waals surface area contributed by atoms with Crippen molar-refractivity contribution in [3.05, 3.63) is 0 Å². The third-order valence-electron chi connectivity index (χ3n) is 1.42. The molecule has 60 valence electrons. The maximum atomic E-state index is 5.60. The summed E-state index contributed by atoms with van der Waals surface area (Å²) in [4.78, 5) is 0. The topological polar surface area (TPSA) is 9.23 Å². The van der Waals surface area contributed by atoms with Crippen molar-refractivity contribution in [2.24, 2.45) is 0 Å². The summed E-state index contributed by atoms with van der Waals surface area (Å²) >= 11 is 0. The Balaban J connectivity index is 2.02. The Labute approximate surface area is 70.7 Å². The lowest BCUT2D eigenvalue weighted by atomic mass is 10.3. The quantitative estimate of drug-likeness (QED) is 0.615. The number of rotatable bonds is 3. The van der Waals surface area contributed by atoms with Gasteiger partial charge in [-0.05, 0) is 12.8 Å². The average Bonchev–Trinajstić information content (AvgIpc) is 2.03. The molecule has 1 aliphatic rings. The largest absolute Gasteiger partial charge is 0.377 e. The van der Waals surface area contributed by atoms with Crippen LogP contribution in [0.1, 0.15) is 19.8 Å². The molecule has 10 heavy (non-hydrogen) atoms. The molecule has 1 fully saturated rings. The lowest BCUT2D eigenvalue weighted by molar-refractivity contribution is 0.0679. The van der Waals surface area contributed by atoms with Gasteiger partial charge in [-0.1, -0.05) is 28.5 Å². The lowest BCUT2D eigenvalue weighted by Crippen LogP contribution is -2.19. The smallest absolute Gasteiger partial charge is 0.0682 e. The normalized spacial score (nSPS) is 26.7. The van der Waals surface area contributed by atoms with Crippen LogP contribution in [0.5, 0.6) is 0 Å². The second-order valence-electron chi connectivity index (χ2n) is 2.39. The van der Waals surface area contributed by atoms with Crippen LogP contribution in [0.15, 0.2) is 0 Å². The molecule has 0 N–H and O–H groups in total. The number of hydrogen-bond donors (Lipinski definition) is 0. The molecule has 0 aromatic heterocycles. The molecule has 0 bridgehead atoms. The summed E-state index contributed by atoms with van der Waals surface area (Å²) in [5.74, 6) is 2.45.